The van der Waals surface area contributed by atoms with Gasteiger partial charge in [0.05, 0.1) is 11.4 Å². The first-order chi connectivity index (χ1) is 7.34. The summed E-state index contributed by atoms with van der Waals surface area (Å²) in [6.07, 6.45) is 0. The standard InChI is InChI=1S/C12H9IN2/c13-10-5-4-8-12(9-10)15-14-11-6-2-1-3-7-11/h1-9H. The number of azo groups is 1. The molecule has 0 fully saturated rings. The predicted molar refractivity (Wildman–Crippen MR) is 69.8 cm³/mol. The zero-order valence-electron chi connectivity index (χ0n) is 7.97. The third-order valence-corrected chi connectivity index (χ3v) is 2.52. The lowest BCUT2D eigenvalue weighted by atomic mass is 10.3. The molecule has 3 heteroatoms. The van der Waals surface area contributed by atoms with Crippen molar-refractivity contribution in [3.8, 4) is 0 Å². The number of nitrogens with zero attached hydrogens (tertiary/aromatic N) is 2. The molecule has 0 saturated carbocycles. The van der Waals surface area contributed by atoms with Crippen LogP contribution in [0.4, 0.5) is 11.4 Å². The first-order valence-electron chi connectivity index (χ1n) is 4.57. The van der Waals surface area contributed by atoms with E-state index in [-0.39, 0.29) is 0 Å². The Labute approximate surface area is 102 Å². The van der Waals surface area contributed by atoms with Gasteiger partial charge in [-0.15, -0.1) is 0 Å². The van der Waals surface area contributed by atoms with Crippen molar-refractivity contribution < 1.29 is 0 Å². The molecule has 0 N–H and O–H groups in total. The SMILES string of the molecule is Ic1cccc(N=Nc2ccccc2)c1. The summed E-state index contributed by atoms with van der Waals surface area (Å²) in [6.45, 7) is 0. The molecule has 74 valence electrons. The topological polar surface area (TPSA) is 24.7 Å². The van der Waals surface area contributed by atoms with Crippen LogP contribution in [0.5, 0.6) is 0 Å². The molecule has 2 aromatic carbocycles. The second-order valence-corrected chi connectivity index (χ2v) is 4.26. The van der Waals surface area contributed by atoms with Crippen LogP contribution in [0.1, 0.15) is 0 Å². The summed E-state index contributed by atoms with van der Waals surface area (Å²) in [4.78, 5) is 0. The largest absolute Gasteiger partial charge is 0.151 e. The van der Waals surface area contributed by atoms with Crippen molar-refractivity contribution in [3.63, 3.8) is 0 Å². The van der Waals surface area contributed by atoms with Crippen molar-refractivity contribution in [3.05, 3.63) is 58.2 Å². The number of halogens is 1. The molecule has 0 aliphatic carbocycles. The molecule has 0 heterocycles. The second-order valence-electron chi connectivity index (χ2n) is 3.02. The Morgan fingerprint density at radius 1 is 0.733 bits per heavy atom. The fourth-order valence-corrected chi connectivity index (χ4v) is 1.68. The van der Waals surface area contributed by atoms with Gasteiger partial charge in [0.25, 0.3) is 0 Å². The Hall–Kier alpha value is -1.23. The molecule has 0 atom stereocenters. The molecule has 2 nitrogen and oxygen atoms in total. The number of hydrogen-bond donors (Lipinski definition) is 0. The molecule has 0 spiro atoms. The Bertz CT molecular complexity index is 466. The zero-order chi connectivity index (χ0) is 10.5. The smallest absolute Gasteiger partial charge is 0.0867 e. The summed E-state index contributed by atoms with van der Waals surface area (Å²) in [5.41, 5.74) is 1.75. The lowest BCUT2D eigenvalue weighted by Gasteiger charge is -1.93. The normalized spacial score (nSPS) is 10.7. The van der Waals surface area contributed by atoms with Crippen molar-refractivity contribution in [2.75, 3.05) is 0 Å². The molecule has 2 aromatic rings. The van der Waals surface area contributed by atoms with Gasteiger partial charge in [0.1, 0.15) is 0 Å². The highest BCUT2D eigenvalue weighted by molar-refractivity contribution is 14.1. The number of hydrogen-bond acceptors (Lipinski definition) is 2. The fraction of sp³-hybridized carbons (Fsp3) is 0. The first kappa shape index (κ1) is 10.3. The lowest BCUT2D eigenvalue weighted by Crippen LogP contribution is -1.67. The summed E-state index contributed by atoms with van der Waals surface area (Å²) >= 11 is 2.26. The van der Waals surface area contributed by atoms with E-state index in [1.54, 1.807) is 0 Å². The maximum absolute atomic E-state index is 4.16. The Morgan fingerprint density at radius 2 is 1.40 bits per heavy atom. The monoisotopic (exact) mass is 308 g/mol. The van der Waals surface area contributed by atoms with Crippen LogP contribution in [0, 0.1) is 3.57 Å². The maximum Gasteiger partial charge on any atom is 0.0867 e. The summed E-state index contributed by atoms with van der Waals surface area (Å²) in [5.74, 6) is 0. The molecule has 0 amide bonds. The van der Waals surface area contributed by atoms with E-state index in [2.05, 4.69) is 32.8 Å². The third kappa shape index (κ3) is 3.13. The molecular formula is C12H9IN2. The minimum Gasteiger partial charge on any atom is -0.151 e. The van der Waals surface area contributed by atoms with E-state index in [0.29, 0.717) is 0 Å². The third-order valence-electron chi connectivity index (χ3n) is 1.85. The van der Waals surface area contributed by atoms with Crippen molar-refractivity contribution in [2.45, 2.75) is 0 Å². The first-order valence-corrected chi connectivity index (χ1v) is 5.65. The van der Waals surface area contributed by atoms with Crippen LogP contribution in [0.25, 0.3) is 0 Å². The zero-order valence-corrected chi connectivity index (χ0v) is 10.1. The highest BCUT2D eigenvalue weighted by atomic mass is 127. The fourth-order valence-electron chi connectivity index (χ4n) is 1.15. The molecule has 0 aliphatic rings. The van der Waals surface area contributed by atoms with Crippen molar-refractivity contribution in [1.82, 2.24) is 0 Å². The molecule has 0 bridgehead atoms. The lowest BCUT2D eigenvalue weighted by molar-refractivity contribution is 1.23. The predicted octanol–water partition coefficient (Wildman–Crippen LogP) is 4.71. The molecule has 0 saturated heterocycles. The van der Waals surface area contributed by atoms with Crippen molar-refractivity contribution in [2.24, 2.45) is 10.2 Å². The Balaban J connectivity index is 2.19. The minimum atomic E-state index is 0.872. The van der Waals surface area contributed by atoms with Crippen molar-refractivity contribution >= 4 is 34.0 Å². The average molecular weight is 308 g/mol. The summed E-state index contributed by atoms with van der Waals surface area (Å²) in [6, 6.07) is 17.6. The quantitative estimate of drug-likeness (QED) is 0.567. The van der Waals surface area contributed by atoms with Crippen LogP contribution in [-0.4, -0.2) is 0 Å². The highest BCUT2D eigenvalue weighted by Crippen LogP contribution is 2.19. The van der Waals surface area contributed by atoms with E-state index in [1.165, 1.54) is 0 Å². The van der Waals surface area contributed by atoms with Gasteiger partial charge in [-0.25, -0.2) is 0 Å². The van der Waals surface area contributed by atoms with Gasteiger partial charge in [0.15, 0.2) is 0 Å². The van der Waals surface area contributed by atoms with E-state index in [4.69, 9.17) is 0 Å². The molecule has 0 aliphatic heterocycles. The van der Waals surface area contributed by atoms with Gasteiger partial charge >= 0.3 is 0 Å². The number of benzene rings is 2. The van der Waals surface area contributed by atoms with Crippen LogP contribution < -0.4 is 0 Å². The van der Waals surface area contributed by atoms with Crippen LogP contribution >= 0.6 is 22.6 Å². The van der Waals surface area contributed by atoms with E-state index < -0.39 is 0 Å². The van der Waals surface area contributed by atoms with Gasteiger partial charge in [-0.1, -0.05) is 24.3 Å². The van der Waals surface area contributed by atoms with Gasteiger partial charge in [-0.05, 0) is 52.9 Å². The van der Waals surface area contributed by atoms with Gasteiger partial charge < -0.3 is 0 Å². The molecule has 15 heavy (non-hydrogen) atoms. The average Bonchev–Trinajstić information content (AvgIpc) is 2.28. The molecule has 0 aromatic heterocycles. The molecule has 0 unspecified atom stereocenters. The molecule has 2 rings (SSSR count). The summed E-state index contributed by atoms with van der Waals surface area (Å²) in [5, 5.41) is 8.30. The second kappa shape index (κ2) is 5.02. The van der Waals surface area contributed by atoms with Crippen LogP contribution in [0.3, 0.4) is 0 Å². The van der Waals surface area contributed by atoms with E-state index >= 15 is 0 Å². The summed E-state index contributed by atoms with van der Waals surface area (Å²) in [7, 11) is 0. The van der Waals surface area contributed by atoms with Gasteiger partial charge in [0.2, 0.25) is 0 Å². The van der Waals surface area contributed by atoms with Gasteiger partial charge in [0, 0.05) is 3.57 Å². The van der Waals surface area contributed by atoms with Crippen LogP contribution in [-0.2, 0) is 0 Å². The van der Waals surface area contributed by atoms with E-state index in [9.17, 15) is 0 Å². The van der Waals surface area contributed by atoms with E-state index in [0.717, 1.165) is 14.9 Å². The van der Waals surface area contributed by atoms with Crippen LogP contribution in [0.15, 0.2) is 64.8 Å². The Kier molecular flexibility index (Phi) is 3.45. The molecule has 0 radical (unpaired) electrons. The van der Waals surface area contributed by atoms with E-state index in [1.807, 2.05) is 54.6 Å². The van der Waals surface area contributed by atoms with Crippen LogP contribution in [0.2, 0.25) is 0 Å². The number of rotatable bonds is 2. The van der Waals surface area contributed by atoms with Gasteiger partial charge in [-0.2, -0.15) is 10.2 Å². The molecular weight excluding hydrogens is 299 g/mol. The maximum atomic E-state index is 4.16. The summed E-state index contributed by atoms with van der Waals surface area (Å²) < 4.78 is 1.16. The minimum absolute atomic E-state index is 0.872. The Morgan fingerprint density at radius 3 is 2.13 bits per heavy atom. The van der Waals surface area contributed by atoms with Crippen molar-refractivity contribution in [1.29, 1.82) is 0 Å². The van der Waals surface area contributed by atoms with Gasteiger partial charge in [-0.3, -0.25) is 0 Å². The highest BCUT2D eigenvalue weighted by Gasteiger charge is 1.90.